The van der Waals surface area contributed by atoms with Gasteiger partial charge in [0.1, 0.15) is 0 Å². The van der Waals surface area contributed by atoms with Crippen LogP contribution in [0.4, 0.5) is 0 Å². The summed E-state index contributed by atoms with van der Waals surface area (Å²) in [5.74, 6) is 0. The van der Waals surface area contributed by atoms with Gasteiger partial charge in [-0.25, -0.2) is 0 Å². The topological polar surface area (TPSA) is 143 Å². The van der Waals surface area contributed by atoms with Gasteiger partial charge in [0.25, 0.3) is 0 Å². The molecule has 7 radical (unpaired) electrons. The van der Waals surface area contributed by atoms with Gasteiger partial charge in [-0.2, -0.15) is 0 Å². The molecule has 0 saturated carbocycles. The summed E-state index contributed by atoms with van der Waals surface area (Å²) in [7, 11) is -5.17. The van der Waals surface area contributed by atoms with Gasteiger partial charge in [-0.15, -0.1) is 0 Å². The van der Waals surface area contributed by atoms with Crippen LogP contribution < -0.4 is 0 Å². The van der Waals surface area contributed by atoms with Crippen LogP contribution in [0.5, 0.6) is 0 Å². The van der Waals surface area contributed by atoms with Crippen molar-refractivity contribution >= 4 is 50.5 Å². The molecule has 9 heavy (non-hydrogen) atoms. The van der Waals surface area contributed by atoms with E-state index in [4.69, 9.17) is 17.5 Å². The van der Waals surface area contributed by atoms with Crippen molar-refractivity contribution in [3.05, 3.63) is 0 Å². The summed E-state index contributed by atoms with van der Waals surface area (Å²) in [4.78, 5) is 0. The summed E-state index contributed by atoms with van der Waals surface area (Å²) in [6.07, 6.45) is 0. The van der Waals surface area contributed by atoms with E-state index in [-0.39, 0.29) is 11.0 Å². The predicted molar refractivity (Wildman–Crippen MR) is 33.4 cm³/mol. The van der Waals surface area contributed by atoms with Gasteiger partial charge in [-0.3, -0.25) is 8.42 Å². The van der Waals surface area contributed by atoms with E-state index in [0.29, 0.717) is 0 Å². The molecule has 0 atom stereocenters. The van der Waals surface area contributed by atoms with Gasteiger partial charge >= 0.3 is 40.1 Å². The maximum atomic E-state index is 8.52. The van der Waals surface area contributed by atoms with E-state index < -0.39 is 10.4 Å². The second-order valence-corrected chi connectivity index (χ2v) is 1.22. The van der Waals surface area contributed by atoms with E-state index in [9.17, 15) is 0 Å². The van der Waals surface area contributed by atoms with Crippen molar-refractivity contribution in [2.75, 3.05) is 0 Å². The molecule has 0 aromatic carbocycles. The molecule has 0 fully saturated rings. The normalized spacial score (nSPS) is 7.44. The number of hydrogen-bond donors (Lipinski definition) is 0. The van der Waals surface area contributed by atoms with Crippen LogP contribution in [0, 0.1) is 0 Å². The second-order valence-electron chi connectivity index (χ2n) is 0.408. The minimum atomic E-state index is -5.17. The van der Waals surface area contributed by atoms with E-state index in [0.717, 1.165) is 0 Å². The average Bonchev–Trinajstić information content (AvgIpc) is 1.36. The number of rotatable bonds is 0. The molecule has 0 aliphatic heterocycles. The third-order valence-electron chi connectivity index (χ3n) is 0. The molecule has 0 saturated heterocycles. The van der Waals surface area contributed by atoms with Gasteiger partial charge in [0.2, 0.25) is 0 Å². The van der Waals surface area contributed by atoms with E-state index in [2.05, 4.69) is 0 Å². The zero-order chi connectivity index (χ0) is 6.50. The molecule has 0 heterocycles. The monoisotopic (exact) mass is 203 g/mol. The second kappa shape index (κ2) is 12.0. The Labute approximate surface area is 78.3 Å². The molecule has 4 N–H and O–H groups in total. The third-order valence-corrected chi connectivity index (χ3v) is 0. The fraction of sp³-hybridized carbons (Fsp3) is 0. The van der Waals surface area contributed by atoms with Crippen molar-refractivity contribution in [2.24, 2.45) is 0 Å². The van der Waals surface area contributed by atoms with E-state index in [1.54, 1.807) is 0 Å². The molecule has 0 unspecified atom stereocenters. The Morgan fingerprint density at radius 2 is 1.11 bits per heavy atom. The Morgan fingerprint density at radius 3 is 1.11 bits per heavy atom. The molecule has 0 aliphatic rings. The molecular formula is H7CaO6SSi. The summed E-state index contributed by atoms with van der Waals surface area (Å²) in [5.41, 5.74) is 0. The fourth-order valence-electron chi connectivity index (χ4n) is 0. The molecule has 0 aromatic heterocycles. The Kier molecular flexibility index (Phi) is 29.9. The standard InChI is InChI=1S/Ca.H2O4S.2H2O.H3Si/c;1-5(2,3)4;;;/h;(H2,1,2,3,4);2*1H2;1H3/q+2;;;;/p-2. The number of hydrogen-bond acceptors (Lipinski definition) is 4. The van der Waals surface area contributed by atoms with Crippen molar-refractivity contribution in [1.29, 1.82) is 0 Å². The SMILES string of the molecule is O.O.O=S(=O)([O-])[O-].[SiH3][Ca+2]. The summed E-state index contributed by atoms with van der Waals surface area (Å²) >= 11 is 1.51. The predicted octanol–water partition coefficient (Wildman–Crippen LogP) is -4.55. The van der Waals surface area contributed by atoms with E-state index >= 15 is 0 Å². The van der Waals surface area contributed by atoms with Gasteiger partial charge in [-0.1, -0.05) is 0 Å². The third kappa shape index (κ3) is 305. The Balaban J connectivity index is -0.0000000286. The van der Waals surface area contributed by atoms with E-state index in [1.807, 2.05) is 0 Å². The molecule has 0 bridgehead atoms. The average molecular weight is 203 g/mol. The molecule has 0 rings (SSSR count). The van der Waals surface area contributed by atoms with Crippen LogP contribution >= 0.6 is 0 Å². The molecule has 55 valence electrons. The first-order valence-corrected chi connectivity index (χ1v) is 10.7. The van der Waals surface area contributed by atoms with Gasteiger partial charge in [-0.05, 0) is 0 Å². The molecule has 0 amide bonds. The van der Waals surface area contributed by atoms with Crippen LogP contribution in [0.1, 0.15) is 0 Å². The quantitative estimate of drug-likeness (QED) is 0.222. The van der Waals surface area contributed by atoms with Crippen molar-refractivity contribution in [3.8, 4) is 0 Å². The van der Waals surface area contributed by atoms with Crippen LogP contribution in [0.25, 0.3) is 0 Å². The zero-order valence-electron chi connectivity index (χ0n) is 4.75. The minimum absolute atomic E-state index is 0. The summed E-state index contributed by atoms with van der Waals surface area (Å²) < 4.78 is 34.1. The molecule has 6 nitrogen and oxygen atoms in total. The summed E-state index contributed by atoms with van der Waals surface area (Å²) in [6, 6.07) is 0. The van der Waals surface area contributed by atoms with Crippen molar-refractivity contribution in [2.45, 2.75) is 0 Å². The first-order valence-electron chi connectivity index (χ1n) is 1.37. The van der Waals surface area contributed by atoms with Gasteiger partial charge in [0.05, 0.1) is 0 Å². The van der Waals surface area contributed by atoms with Crippen molar-refractivity contribution in [3.63, 3.8) is 0 Å². The zero-order valence-corrected chi connectivity index (χ0v) is 9.77. The van der Waals surface area contributed by atoms with Gasteiger partial charge < -0.3 is 20.1 Å². The Hall–Kier alpha value is 1.27. The molecule has 0 aliphatic carbocycles. The fourth-order valence-corrected chi connectivity index (χ4v) is 0. The Morgan fingerprint density at radius 1 is 1.11 bits per heavy atom. The maximum absolute atomic E-state index is 8.52. The van der Waals surface area contributed by atoms with Crippen LogP contribution in [0.2, 0.25) is 0 Å². The van der Waals surface area contributed by atoms with Crippen molar-refractivity contribution < 1.29 is 28.5 Å². The summed E-state index contributed by atoms with van der Waals surface area (Å²) in [5, 5.41) is 1.43. The van der Waals surface area contributed by atoms with Crippen LogP contribution in [-0.4, -0.2) is 68.6 Å². The van der Waals surface area contributed by atoms with Crippen LogP contribution in [-0.2, 0) is 10.4 Å². The molecule has 0 aromatic rings. The van der Waals surface area contributed by atoms with Crippen LogP contribution in [0.3, 0.4) is 0 Å². The first kappa shape index (κ1) is 22.4. The van der Waals surface area contributed by atoms with Crippen molar-refractivity contribution in [1.82, 2.24) is 0 Å². The summed E-state index contributed by atoms with van der Waals surface area (Å²) in [6.45, 7) is 0. The van der Waals surface area contributed by atoms with E-state index in [1.165, 1.54) is 40.1 Å². The van der Waals surface area contributed by atoms with Crippen LogP contribution in [0.15, 0.2) is 0 Å². The van der Waals surface area contributed by atoms with Gasteiger partial charge in [0.15, 0.2) is 0 Å². The molecular weight excluding hydrogens is 196 g/mol. The molecule has 0 spiro atoms. The molecule has 9 heteroatoms. The first-order chi connectivity index (χ1) is 3.00. The van der Waals surface area contributed by atoms with Gasteiger partial charge in [0, 0.05) is 10.4 Å². The Bertz CT molecular complexity index is 96.2.